The Morgan fingerprint density at radius 2 is 0.826 bits per heavy atom. The van der Waals surface area contributed by atoms with Gasteiger partial charge in [-0.05, 0) is 31.1 Å². The Hall–Kier alpha value is -1.59. The van der Waals surface area contributed by atoms with Crippen LogP contribution < -0.4 is 0 Å². The highest BCUT2D eigenvalue weighted by atomic mass is 16.6. The Morgan fingerprint density at radius 1 is 0.457 bits per heavy atom. The van der Waals surface area contributed by atoms with Crippen LogP contribution in [0.5, 0.6) is 0 Å². The van der Waals surface area contributed by atoms with Gasteiger partial charge >= 0.3 is 17.9 Å². The number of ether oxygens (including phenoxy) is 3. The fourth-order valence-corrected chi connectivity index (χ4v) is 5.66. The largest absolute Gasteiger partial charge is 0.462 e. The molecule has 46 heavy (non-hydrogen) atoms. The first kappa shape index (κ1) is 44.4. The Balaban J connectivity index is 4.21. The minimum Gasteiger partial charge on any atom is -0.462 e. The van der Waals surface area contributed by atoms with Crippen molar-refractivity contribution in [3.63, 3.8) is 0 Å². The molecule has 0 fully saturated rings. The van der Waals surface area contributed by atoms with Gasteiger partial charge in [-0.25, -0.2) is 0 Å². The number of unbranched alkanes of at least 4 members (excludes halogenated alkanes) is 18. The number of carbonyl (C=O) groups is 3. The highest BCUT2D eigenvalue weighted by Crippen LogP contribution is 2.16. The fraction of sp³-hybridized carbons (Fsp3) is 0.925. The van der Waals surface area contributed by atoms with Gasteiger partial charge in [0.05, 0.1) is 0 Å². The van der Waals surface area contributed by atoms with Crippen LogP contribution in [-0.4, -0.2) is 37.2 Å². The summed E-state index contributed by atoms with van der Waals surface area (Å²) in [4.78, 5) is 37.2. The van der Waals surface area contributed by atoms with Crippen LogP contribution in [0.25, 0.3) is 0 Å². The average Bonchev–Trinajstić information content (AvgIpc) is 3.03. The van der Waals surface area contributed by atoms with Crippen molar-refractivity contribution in [3.8, 4) is 0 Å². The van der Waals surface area contributed by atoms with E-state index in [0.29, 0.717) is 19.3 Å². The van der Waals surface area contributed by atoms with Gasteiger partial charge in [0, 0.05) is 19.3 Å². The number of hydrogen-bond donors (Lipinski definition) is 0. The molecule has 0 rings (SSSR count). The lowest BCUT2D eigenvalue weighted by Crippen LogP contribution is -2.30. The van der Waals surface area contributed by atoms with E-state index in [0.717, 1.165) is 76.0 Å². The van der Waals surface area contributed by atoms with Crippen LogP contribution in [-0.2, 0) is 28.6 Å². The van der Waals surface area contributed by atoms with Crippen LogP contribution in [0, 0.1) is 11.8 Å². The highest BCUT2D eigenvalue weighted by Gasteiger charge is 2.19. The summed E-state index contributed by atoms with van der Waals surface area (Å²) >= 11 is 0. The van der Waals surface area contributed by atoms with Gasteiger partial charge in [-0.2, -0.15) is 0 Å². The monoisotopic (exact) mass is 653 g/mol. The van der Waals surface area contributed by atoms with Crippen molar-refractivity contribution in [2.24, 2.45) is 11.8 Å². The number of carbonyl (C=O) groups excluding carboxylic acids is 3. The first-order valence-corrected chi connectivity index (χ1v) is 19.8. The van der Waals surface area contributed by atoms with Crippen LogP contribution in [0.15, 0.2) is 0 Å². The van der Waals surface area contributed by atoms with Crippen LogP contribution in [0.1, 0.15) is 208 Å². The van der Waals surface area contributed by atoms with Gasteiger partial charge in [0.25, 0.3) is 0 Å². The number of hydrogen-bond acceptors (Lipinski definition) is 6. The molecule has 0 heterocycles. The summed E-state index contributed by atoms with van der Waals surface area (Å²) in [5.74, 6) is 0.748. The fourth-order valence-electron chi connectivity index (χ4n) is 5.66. The van der Waals surface area contributed by atoms with Gasteiger partial charge in [-0.15, -0.1) is 0 Å². The Bertz CT molecular complexity index is 706. The molecule has 0 saturated carbocycles. The Kier molecular flexibility index (Phi) is 32.2. The molecule has 2 atom stereocenters. The summed E-state index contributed by atoms with van der Waals surface area (Å²) < 4.78 is 16.5. The zero-order valence-corrected chi connectivity index (χ0v) is 31.2. The maximum absolute atomic E-state index is 12.4. The van der Waals surface area contributed by atoms with Gasteiger partial charge in [0.1, 0.15) is 13.2 Å². The quantitative estimate of drug-likeness (QED) is 0.0391. The molecule has 0 aliphatic rings. The summed E-state index contributed by atoms with van der Waals surface area (Å²) in [6.45, 7) is 11.2. The molecule has 0 aromatic carbocycles. The molecule has 0 aliphatic heterocycles. The van der Waals surface area contributed by atoms with E-state index < -0.39 is 6.10 Å². The van der Waals surface area contributed by atoms with Crippen molar-refractivity contribution in [2.45, 2.75) is 214 Å². The van der Waals surface area contributed by atoms with Gasteiger partial charge in [0.2, 0.25) is 0 Å². The summed E-state index contributed by atoms with van der Waals surface area (Å²) in [6.07, 6.45) is 28.4. The van der Waals surface area contributed by atoms with Gasteiger partial charge in [-0.3, -0.25) is 14.4 Å². The molecule has 0 aromatic rings. The third-order valence-electron chi connectivity index (χ3n) is 9.08. The van der Waals surface area contributed by atoms with Crippen LogP contribution in [0.2, 0.25) is 0 Å². The van der Waals surface area contributed by atoms with Gasteiger partial charge < -0.3 is 14.2 Å². The van der Waals surface area contributed by atoms with E-state index in [4.69, 9.17) is 14.2 Å². The zero-order chi connectivity index (χ0) is 34.1. The first-order valence-electron chi connectivity index (χ1n) is 19.8. The van der Waals surface area contributed by atoms with Crippen molar-refractivity contribution in [3.05, 3.63) is 0 Å². The molecule has 6 heteroatoms. The molecule has 0 N–H and O–H groups in total. The maximum Gasteiger partial charge on any atom is 0.306 e. The average molecular weight is 653 g/mol. The predicted octanol–water partition coefficient (Wildman–Crippen LogP) is 11.8. The molecule has 1 unspecified atom stereocenters. The number of esters is 3. The van der Waals surface area contributed by atoms with Crippen molar-refractivity contribution in [1.29, 1.82) is 0 Å². The summed E-state index contributed by atoms with van der Waals surface area (Å²) in [5, 5.41) is 0. The predicted molar refractivity (Wildman–Crippen MR) is 192 cm³/mol. The van der Waals surface area contributed by atoms with Crippen molar-refractivity contribution < 1.29 is 28.6 Å². The van der Waals surface area contributed by atoms with E-state index >= 15 is 0 Å². The summed E-state index contributed by atoms with van der Waals surface area (Å²) in [5.41, 5.74) is 0. The molecule has 0 bridgehead atoms. The molecule has 0 amide bonds. The van der Waals surface area contributed by atoms with E-state index in [1.54, 1.807) is 0 Å². The molecule has 0 aromatic heterocycles. The smallest absolute Gasteiger partial charge is 0.306 e. The van der Waals surface area contributed by atoms with Crippen molar-refractivity contribution in [2.75, 3.05) is 13.2 Å². The molecular weight excluding hydrogens is 576 g/mol. The van der Waals surface area contributed by atoms with Crippen molar-refractivity contribution >= 4 is 17.9 Å². The van der Waals surface area contributed by atoms with Crippen LogP contribution in [0.3, 0.4) is 0 Å². The van der Waals surface area contributed by atoms with E-state index in [1.165, 1.54) is 89.9 Å². The molecule has 6 nitrogen and oxygen atoms in total. The number of rotatable bonds is 34. The first-order chi connectivity index (χ1) is 22.3. The lowest BCUT2D eigenvalue weighted by atomic mass is 9.99. The molecule has 0 radical (unpaired) electrons. The third kappa shape index (κ3) is 32.4. The zero-order valence-electron chi connectivity index (χ0n) is 31.2. The Morgan fingerprint density at radius 3 is 1.24 bits per heavy atom. The summed E-state index contributed by atoms with van der Waals surface area (Å²) in [7, 11) is 0. The molecular formula is C40H76O6. The van der Waals surface area contributed by atoms with Gasteiger partial charge in [0.15, 0.2) is 6.10 Å². The molecule has 272 valence electrons. The lowest BCUT2D eigenvalue weighted by molar-refractivity contribution is -0.167. The second kappa shape index (κ2) is 33.3. The van der Waals surface area contributed by atoms with E-state index in [9.17, 15) is 14.4 Å². The standard InChI is InChI=1S/C40H76O6/c1-6-8-9-18-27-32-40(43)46-37(34-45-39(42)31-26-22-17-16-19-23-28-35(3)4)33-44-38(41)30-25-21-15-13-11-10-12-14-20-24-29-36(5)7-2/h35-37H,6-34H2,1-5H3/t36?,37-/m1/s1. The molecule has 0 saturated heterocycles. The SMILES string of the molecule is CCCCCCCC(=O)O[C@H](COC(=O)CCCCCCCCCCCCC(C)CC)COC(=O)CCCCCCCCC(C)C. The van der Waals surface area contributed by atoms with Gasteiger partial charge in [-0.1, -0.05) is 169 Å². The highest BCUT2D eigenvalue weighted by molar-refractivity contribution is 5.71. The Labute approximate surface area is 285 Å². The summed E-state index contributed by atoms with van der Waals surface area (Å²) in [6, 6.07) is 0. The minimum absolute atomic E-state index is 0.0680. The van der Waals surface area contributed by atoms with E-state index in [2.05, 4.69) is 34.6 Å². The second-order valence-corrected chi connectivity index (χ2v) is 14.3. The third-order valence-corrected chi connectivity index (χ3v) is 9.08. The van der Waals surface area contributed by atoms with E-state index in [1.807, 2.05) is 0 Å². The van der Waals surface area contributed by atoms with E-state index in [-0.39, 0.29) is 31.1 Å². The molecule has 0 aliphatic carbocycles. The molecule has 0 spiro atoms. The van der Waals surface area contributed by atoms with Crippen LogP contribution in [0.4, 0.5) is 0 Å². The topological polar surface area (TPSA) is 78.9 Å². The lowest BCUT2D eigenvalue weighted by Gasteiger charge is -2.18. The normalized spacial score (nSPS) is 12.7. The second-order valence-electron chi connectivity index (χ2n) is 14.3. The minimum atomic E-state index is -0.757. The van der Waals surface area contributed by atoms with Crippen molar-refractivity contribution in [1.82, 2.24) is 0 Å². The van der Waals surface area contributed by atoms with Crippen LogP contribution >= 0.6 is 0 Å². The maximum atomic E-state index is 12.4.